The first-order valence-electron chi connectivity index (χ1n) is 9.35. The highest BCUT2D eigenvalue weighted by atomic mass is 35.5. The van der Waals surface area contributed by atoms with E-state index in [1.165, 1.54) is 18.6 Å². The Morgan fingerprint density at radius 3 is 2.71 bits per heavy atom. The molecule has 4 rings (SSSR count). The molecule has 1 N–H and O–H groups in total. The lowest BCUT2D eigenvalue weighted by Gasteiger charge is -2.37. The first-order chi connectivity index (χ1) is 13.4. The summed E-state index contributed by atoms with van der Waals surface area (Å²) in [7, 11) is -3.85. The zero-order valence-electron chi connectivity index (χ0n) is 15.3. The van der Waals surface area contributed by atoms with Gasteiger partial charge in [-0.1, -0.05) is 29.8 Å². The molecule has 0 radical (unpaired) electrons. The van der Waals surface area contributed by atoms with Gasteiger partial charge in [0.05, 0.1) is 15.6 Å². The van der Waals surface area contributed by atoms with Crippen LogP contribution in [-0.2, 0) is 10.0 Å². The van der Waals surface area contributed by atoms with Crippen LogP contribution >= 0.6 is 11.6 Å². The van der Waals surface area contributed by atoms with Crippen molar-refractivity contribution in [2.24, 2.45) is 0 Å². The van der Waals surface area contributed by atoms with E-state index in [-0.39, 0.29) is 10.8 Å². The molecule has 1 atom stereocenters. The van der Waals surface area contributed by atoms with Gasteiger partial charge in [-0.25, -0.2) is 8.42 Å². The maximum atomic E-state index is 13.0. The number of amides is 1. The predicted molar refractivity (Wildman–Crippen MR) is 109 cm³/mol. The average Bonchev–Trinajstić information content (AvgIpc) is 3.17. The molecule has 28 heavy (non-hydrogen) atoms. The predicted octanol–water partition coefficient (Wildman–Crippen LogP) is 3.06. The zero-order valence-corrected chi connectivity index (χ0v) is 16.9. The number of carbonyl (C=O) groups excluding carboxylic acids is 1. The van der Waals surface area contributed by atoms with Crippen molar-refractivity contribution >= 4 is 33.2 Å². The molecule has 148 valence electrons. The van der Waals surface area contributed by atoms with Crippen molar-refractivity contribution in [1.29, 1.82) is 0 Å². The van der Waals surface area contributed by atoms with Crippen molar-refractivity contribution in [1.82, 2.24) is 9.80 Å². The van der Waals surface area contributed by atoms with Crippen molar-refractivity contribution in [3.05, 3.63) is 59.1 Å². The Balaban J connectivity index is 1.54. The number of hydrogen-bond donors (Lipinski definition) is 1. The summed E-state index contributed by atoms with van der Waals surface area (Å²) in [5, 5.41) is 0.313. The van der Waals surface area contributed by atoms with Crippen LogP contribution in [0.3, 0.4) is 0 Å². The standard InChI is InChI=1S/C20H22ClN3O3S/c21-18-8-1-2-9-19(18)22-28(26,27)17-7-3-5-15(13-17)20(25)24-12-11-23-10-4-6-16(23)14-24/h1-3,5,7-9,13,16,22H,4,6,10-12,14H2/t16-/m1/s1. The van der Waals surface area contributed by atoms with E-state index in [1.807, 2.05) is 4.90 Å². The minimum absolute atomic E-state index is 0.0396. The largest absolute Gasteiger partial charge is 0.336 e. The number of rotatable bonds is 4. The van der Waals surface area contributed by atoms with Crippen LogP contribution in [0.4, 0.5) is 5.69 Å². The van der Waals surface area contributed by atoms with Gasteiger partial charge in [0, 0.05) is 31.2 Å². The molecule has 1 amide bonds. The number of para-hydroxylation sites is 1. The van der Waals surface area contributed by atoms with Crippen LogP contribution in [0.25, 0.3) is 0 Å². The van der Waals surface area contributed by atoms with E-state index in [0.29, 0.717) is 35.4 Å². The number of piperazine rings is 1. The molecule has 2 aliphatic rings. The van der Waals surface area contributed by atoms with Crippen molar-refractivity contribution in [2.75, 3.05) is 30.9 Å². The van der Waals surface area contributed by atoms with Gasteiger partial charge < -0.3 is 4.90 Å². The van der Waals surface area contributed by atoms with E-state index in [1.54, 1.807) is 36.4 Å². The summed E-state index contributed by atoms with van der Waals surface area (Å²) >= 11 is 6.05. The van der Waals surface area contributed by atoms with Crippen LogP contribution < -0.4 is 4.72 Å². The Bertz CT molecular complexity index is 996. The molecule has 0 aromatic heterocycles. The van der Waals surface area contributed by atoms with Gasteiger partial charge in [-0.2, -0.15) is 0 Å². The molecule has 8 heteroatoms. The van der Waals surface area contributed by atoms with Crippen molar-refractivity contribution < 1.29 is 13.2 Å². The van der Waals surface area contributed by atoms with Gasteiger partial charge in [-0.3, -0.25) is 14.4 Å². The van der Waals surface area contributed by atoms with Gasteiger partial charge in [-0.15, -0.1) is 0 Å². The average molecular weight is 420 g/mol. The topological polar surface area (TPSA) is 69.7 Å². The molecular formula is C20H22ClN3O3S. The first kappa shape index (κ1) is 19.2. The van der Waals surface area contributed by atoms with Crippen LogP contribution in [0.15, 0.2) is 53.4 Å². The Morgan fingerprint density at radius 1 is 1.07 bits per heavy atom. The molecule has 6 nitrogen and oxygen atoms in total. The second-order valence-corrected chi connectivity index (χ2v) is 9.29. The number of benzene rings is 2. The third kappa shape index (κ3) is 3.87. The molecule has 2 saturated heterocycles. The van der Waals surface area contributed by atoms with Gasteiger partial charge >= 0.3 is 0 Å². The fourth-order valence-electron chi connectivity index (χ4n) is 3.90. The van der Waals surface area contributed by atoms with Gasteiger partial charge in [-0.05, 0) is 49.7 Å². The summed E-state index contributed by atoms with van der Waals surface area (Å²) in [6, 6.07) is 13.2. The summed E-state index contributed by atoms with van der Waals surface area (Å²) in [5.41, 5.74) is 0.687. The van der Waals surface area contributed by atoms with E-state index in [4.69, 9.17) is 11.6 Å². The van der Waals surface area contributed by atoms with Gasteiger partial charge in [0.2, 0.25) is 0 Å². The molecule has 2 fully saturated rings. The number of hydrogen-bond acceptors (Lipinski definition) is 4. The highest BCUT2D eigenvalue weighted by Gasteiger charge is 2.33. The summed E-state index contributed by atoms with van der Waals surface area (Å²) < 4.78 is 28.0. The molecule has 0 spiro atoms. The zero-order chi connectivity index (χ0) is 19.7. The van der Waals surface area contributed by atoms with E-state index in [9.17, 15) is 13.2 Å². The number of fused-ring (bicyclic) bond motifs is 1. The number of nitrogens with one attached hydrogen (secondary N) is 1. The van der Waals surface area contributed by atoms with Gasteiger partial charge in [0.1, 0.15) is 0 Å². The fraction of sp³-hybridized carbons (Fsp3) is 0.350. The van der Waals surface area contributed by atoms with Crippen molar-refractivity contribution in [3.63, 3.8) is 0 Å². The van der Waals surface area contributed by atoms with Crippen LogP contribution in [0.2, 0.25) is 5.02 Å². The summed E-state index contributed by atoms with van der Waals surface area (Å²) in [6.07, 6.45) is 2.29. The summed E-state index contributed by atoms with van der Waals surface area (Å²) in [6.45, 7) is 3.36. The molecular weight excluding hydrogens is 398 g/mol. The van der Waals surface area contributed by atoms with E-state index in [0.717, 1.165) is 19.5 Å². The van der Waals surface area contributed by atoms with Crippen LogP contribution in [0.1, 0.15) is 23.2 Å². The maximum Gasteiger partial charge on any atom is 0.261 e. The van der Waals surface area contributed by atoms with Gasteiger partial charge in [0.15, 0.2) is 0 Å². The number of anilines is 1. The third-order valence-electron chi connectivity index (χ3n) is 5.38. The smallest absolute Gasteiger partial charge is 0.261 e. The molecule has 2 aromatic rings. The molecule has 2 aromatic carbocycles. The number of carbonyl (C=O) groups is 1. The van der Waals surface area contributed by atoms with E-state index >= 15 is 0 Å². The Kier molecular flexibility index (Phi) is 5.31. The second kappa shape index (κ2) is 7.73. The molecule has 0 aliphatic carbocycles. The second-order valence-electron chi connectivity index (χ2n) is 7.20. The van der Waals surface area contributed by atoms with Crippen LogP contribution in [0, 0.1) is 0 Å². The first-order valence-corrected chi connectivity index (χ1v) is 11.2. The monoisotopic (exact) mass is 419 g/mol. The third-order valence-corrected chi connectivity index (χ3v) is 7.08. The Hall–Kier alpha value is -2.09. The summed E-state index contributed by atoms with van der Waals surface area (Å²) in [4.78, 5) is 17.3. The van der Waals surface area contributed by atoms with E-state index < -0.39 is 10.0 Å². The molecule has 0 saturated carbocycles. The molecule has 0 unspecified atom stereocenters. The molecule has 2 heterocycles. The van der Waals surface area contributed by atoms with Crippen molar-refractivity contribution in [2.45, 2.75) is 23.8 Å². The maximum absolute atomic E-state index is 13.0. The lowest BCUT2D eigenvalue weighted by Crippen LogP contribution is -2.52. The minimum Gasteiger partial charge on any atom is -0.336 e. The minimum atomic E-state index is -3.85. The molecule has 0 bridgehead atoms. The Labute approximate surface area is 170 Å². The lowest BCUT2D eigenvalue weighted by molar-refractivity contribution is 0.0571. The number of sulfonamides is 1. The lowest BCUT2D eigenvalue weighted by atomic mass is 10.1. The number of nitrogens with zero attached hydrogens (tertiary/aromatic N) is 2. The highest BCUT2D eigenvalue weighted by Crippen LogP contribution is 2.25. The quantitative estimate of drug-likeness (QED) is 0.826. The van der Waals surface area contributed by atoms with Crippen LogP contribution in [0.5, 0.6) is 0 Å². The fourth-order valence-corrected chi connectivity index (χ4v) is 5.27. The van der Waals surface area contributed by atoms with Crippen molar-refractivity contribution in [3.8, 4) is 0 Å². The highest BCUT2D eigenvalue weighted by molar-refractivity contribution is 7.92. The molecule has 2 aliphatic heterocycles. The van der Waals surface area contributed by atoms with E-state index in [2.05, 4.69) is 9.62 Å². The van der Waals surface area contributed by atoms with Gasteiger partial charge in [0.25, 0.3) is 15.9 Å². The number of halogens is 1. The van der Waals surface area contributed by atoms with Crippen LogP contribution in [-0.4, -0.2) is 56.3 Å². The Morgan fingerprint density at radius 2 is 1.89 bits per heavy atom. The SMILES string of the molecule is O=C(c1cccc(S(=O)(=O)Nc2ccccc2Cl)c1)N1CCN2CCC[C@@H]2C1. The normalized spacial score (nSPS) is 20.0. The summed E-state index contributed by atoms with van der Waals surface area (Å²) in [5.74, 6) is -0.124.